The Morgan fingerprint density at radius 2 is 1.78 bits per heavy atom. The Morgan fingerprint density at radius 1 is 1.11 bits per heavy atom. The molecule has 6 N–H and O–H groups in total. The standard InChI is InChI=1S/C19H36O8/c1-10(21)4-5-13-11(6-12(22)7-19(13,2)3)9-26-18-17(25)16(24)15(23)14(8-20)27-18/h10-18,20-25H,4-9H2,1-3H3/t10?,11?,12?,13?,14-,15-,16+,17-,18-/m1/s1. The molecule has 4 unspecified atom stereocenters. The summed E-state index contributed by atoms with van der Waals surface area (Å²) in [5.41, 5.74) is -0.129. The molecular weight excluding hydrogens is 356 g/mol. The van der Waals surface area contributed by atoms with E-state index in [0.29, 0.717) is 19.3 Å². The first-order chi connectivity index (χ1) is 12.6. The predicted molar refractivity (Wildman–Crippen MR) is 96.6 cm³/mol. The fourth-order valence-electron chi connectivity index (χ4n) is 4.65. The maximum atomic E-state index is 10.3. The third-order valence-electron chi connectivity index (χ3n) is 6.13. The number of ether oxygens (including phenoxy) is 2. The van der Waals surface area contributed by atoms with Gasteiger partial charge in [-0.15, -0.1) is 0 Å². The van der Waals surface area contributed by atoms with Crippen molar-refractivity contribution in [1.29, 1.82) is 0 Å². The molecular formula is C19H36O8. The van der Waals surface area contributed by atoms with Crippen LogP contribution in [0.3, 0.4) is 0 Å². The molecule has 0 aromatic heterocycles. The van der Waals surface area contributed by atoms with E-state index in [1.807, 2.05) is 0 Å². The summed E-state index contributed by atoms with van der Waals surface area (Å²) < 4.78 is 11.1. The van der Waals surface area contributed by atoms with Crippen LogP contribution >= 0.6 is 0 Å². The minimum Gasteiger partial charge on any atom is -0.394 e. The van der Waals surface area contributed by atoms with Crippen molar-refractivity contribution < 1.29 is 40.1 Å². The Hall–Kier alpha value is -0.320. The Kier molecular flexibility index (Phi) is 8.04. The molecule has 0 aromatic rings. The van der Waals surface area contributed by atoms with Gasteiger partial charge < -0.3 is 40.1 Å². The lowest BCUT2D eigenvalue weighted by molar-refractivity contribution is -0.305. The highest BCUT2D eigenvalue weighted by Gasteiger charge is 2.46. The van der Waals surface area contributed by atoms with Gasteiger partial charge in [0.1, 0.15) is 24.4 Å². The molecule has 1 aliphatic carbocycles. The molecule has 1 saturated carbocycles. The van der Waals surface area contributed by atoms with Crippen LogP contribution in [0.5, 0.6) is 0 Å². The molecule has 0 aromatic carbocycles. The first-order valence-electron chi connectivity index (χ1n) is 9.85. The van der Waals surface area contributed by atoms with E-state index >= 15 is 0 Å². The van der Waals surface area contributed by atoms with Crippen LogP contribution in [0.4, 0.5) is 0 Å². The summed E-state index contributed by atoms with van der Waals surface area (Å²) in [7, 11) is 0. The Balaban J connectivity index is 2.03. The van der Waals surface area contributed by atoms with E-state index in [1.54, 1.807) is 6.92 Å². The van der Waals surface area contributed by atoms with E-state index in [9.17, 15) is 30.6 Å². The van der Waals surface area contributed by atoms with Crippen molar-refractivity contribution in [3.63, 3.8) is 0 Å². The van der Waals surface area contributed by atoms with E-state index < -0.39 is 49.5 Å². The third-order valence-corrected chi connectivity index (χ3v) is 6.13. The van der Waals surface area contributed by atoms with Gasteiger partial charge in [0.15, 0.2) is 6.29 Å². The van der Waals surface area contributed by atoms with E-state index in [1.165, 1.54) is 0 Å². The largest absolute Gasteiger partial charge is 0.394 e. The molecule has 27 heavy (non-hydrogen) atoms. The molecule has 2 fully saturated rings. The SMILES string of the molecule is CC(O)CCC1C(CO[C@@H]2O[C@H](CO)[C@@H](O)[C@H](O)[C@H]2O)CC(O)CC1(C)C. The molecule has 0 amide bonds. The number of hydrogen-bond donors (Lipinski definition) is 6. The van der Waals surface area contributed by atoms with Gasteiger partial charge in [-0.05, 0) is 49.9 Å². The fourth-order valence-corrected chi connectivity index (χ4v) is 4.65. The highest BCUT2D eigenvalue weighted by molar-refractivity contribution is 4.93. The highest BCUT2D eigenvalue weighted by Crippen LogP contribution is 2.47. The lowest BCUT2D eigenvalue weighted by Gasteiger charge is -2.47. The first kappa shape index (κ1) is 23.0. The van der Waals surface area contributed by atoms with E-state index in [2.05, 4.69) is 13.8 Å². The molecule has 0 spiro atoms. The first-order valence-corrected chi connectivity index (χ1v) is 9.85. The summed E-state index contributed by atoms with van der Waals surface area (Å²) in [6, 6.07) is 0. The van der Waals surface area contributed by atoms with E-state index in [4.69, 9.17) is 9.47 Å². The van der Waals surface area contributed by atoms with Crippen molar-refractivity contribution in [3.8, 4) is 0 Å². The number of rotatable bonds is 7. The summed E-state index contributed by atoms with van der Waals surface area (Å²) in [6.45, 7) is 5.65. The molecule has 0 bridgehead atoms. The molecule has 8 nitrogen and oxygen atoms in total. The lowest BCUT2D eigenvalue weighted by Crippen LogP contribution is -2.59. The molecule has 1 aliphatic heterocycles. The number of aliphatic hydroxyl groups is 6. The van der Waals surface area contributed by atoms with Gasteiger partial charge in [0.2, 0.25) is 0 Å². The number of hydrogen-bond acceptors (Lipinski definition) is 8. The van der Waals surface area contributed by atoms with Crippen molar-refractivity contribution in [2.75, 3.05) is 13.2 Å². The fraction of sp³-hybridized carbons (Fsp3) is 1.00. The van der Waals surface area contributed by atoms with Crippen LogP contribution in [0.2, 0.25) is 0 Å². The van der Waals surface area contributed by atoms with Gasteiger partial charge in [-0.3, -0.25) is 0 Å². The monoisotopic (exact) mass is 392 g/mol. The van der Waals surface area contributed by atoms with Crippen molar-refractivity contribution in [1.82, 2.24) is 0 Å². The van der Waals surface area contributed by atoms with E-state index in [0.717, 1.165) is 6.42 Å². The Labute approximate surface area is 160 Å². The van der Waals surface area contributed by atoms with Gasteiger partial charge in [0.05, 0.1) is 25.4 Å². The maximum Gasteiger partial charge on any atom is 0.186 e. The minimum absolute atomic E-state index is 0.00475. The predicted octanol–water partition coefficient (Wildman–Crippen LogP) is -0.623. The lowest BCUT2D eigenvalue weighted by atomic mass is 9.61. The highest BCUT2D eigenvalue weighted by atomic mass is 16.7. The molecule has 1 heterocycles. The summed E-state index contributed by atoms with van der Waals surface area (Å²) >= 11 is 0. The quantitative estimate of drug-likeness (QED) is 0.337. The molecule has 8 heteroatoms. The Morgan fingerprint density at radius 3 is 2.37 bits per heavy atom. The van der Waals surface area contributed by atoms with Gasteiger partial charge in [0, 0.05) is 0 Å². The second kappa shape index (κ2) is 9.45. The summed E-state index contributed by atoms with van der Waals surface area (Å²) in [5.74, 6) is 0.204. The van der Waals surface area contributed by atoms with Gasteiger partial charge in [-0.1, -0.05) is 13.8 Å². The molecule has 160 valence electrons. The Bertz CT molecular complexity index is 455. The summed E-state index contributed by atoms with van der Waals surface area (Å²) in [4.78, 5) is 0. The molecule has 0 radical (unpaired) electrons. The van der Waals surface area contributed by atoms with Crippen molar-refractivity contribution >= 4 is 0 Å². The zero-order valence-electron chi connectivity index (χ0n) is 16.4. The van der Waals surface area contributed by atoms with Crippen LogP contribution in [-0.4, -0.2) is 86.8 Å². The number of aliphatic hydroxyl groups excluding tert-OH is 6. The van der Waals surface area contributed by atoms with Crippen LogP contribution < -0.4 is 0 Å². The van der Waals surface area contributed by atoms with Crippen LogP contribution in [-0.2, 0) is 9.47 Å². The van der Waals surface area contributed by atoms with Crippen molar-refractivity contribution in [2.24, 2.45) is 17.3 Å². The minimum atomic E-state index is -1.47. The van der Waals surface area contributed by atoms with Crippen LogP contribution in [0.25, 0.3) is 0 Å². The maximum absolute atomic E-state index is 10.3. The molecule has 9 atom stereocenters. The average molecular weight is 392 g/mol. The summed E-state index contributed by atoms with van der Waals surface area (Å²) in [6.07, 6.45) is -4.68. The van der Waals surface area contributed by atoms with Crippen LogP contribution in [0.1, 0.15) is 46.5 Å². The molecule has 2 rings (SSSR count). The van der Waals surface area contributed by atoms with Crippen molar-refractivity contribution in [2.45, 2.75) is 89.4 Å². The van der Waals surface area contributed by atoms with E-state index in [-0.39, 0.29) is 23.9 Å². The van der Waals surface area contributed by atoms with Gasteiger partial charge >= 0.3 is 0 Å². The van der Waals surface area contributed by atoms with Crippen LogP contribution in [0.15, 0.2) is 0 Å². The molecule has 2 aliphatic rings. The average Bonchev–Trinajstić information content (AvgIpc) is 2.57. The summed E-state index contributed by atoms with van der Waals surface area (Å²) in [5, 5.41) is 59.1. The zero-order chi connectivity index (χ0) is 20.4. The second-order valence-corrected chi connectivity index (χ2v) is 8.91. The van der Waals surface area contributed by atoms with Crippen LogP contribution in [0, 0.1) is 17.3 Å². The van der Waals surface area contributed by atoms with Gasteiger partial charge in [0.25, 0.3) is 0 Å². The zero-order valence-corrected chi connectivity index (χ0v) is 16.4. The normalized spacial score (nSPS) is 43.4. The van der Waals surface area contributed by atoms with Gasteiger partial charge in [-0.25, -0.2) is 0 Å². The third kappa shape index (κ3) is 5.61. The van der Waals surface area contributed by atoms with Crippen molar-refractivity contribution in [3.05, 3.63) is 0 Å². The topological polar surface area (TPSA) is 140 Å². The molecule has 1 saturated heterocycles. The second-order valence-electron chi connectivity index (χ2n) is 8.91. The van der Waals surface area contributed by atoms with Gasteiger partial charge in [-0.2, -0.15) is 0 Å². The smallest absolute Gasteiger partial charge is 0.186 e.